The van der Waals surface area contributed by atoms with Crippen LogP contribution in [0.1, 0.15) is 19.4 Å². The topological polar surface area (TPSA) is 95.9 Å². The molecule has 0 saturated heterocycles. The molecule has 7 heteroatoms. The van der Waals surface area contributed by atoms with Crippen LogP contribution in [0.5, 0.6) is 11.5 Å². The van der Waals surface area contributed by atoms with E-state index in [1.54, 1.807) is 0 Å². The van der Waals surface area contributed by atoms with E-state index in [4.69, 9.17) is 4.74 Å². The molecule has 3 N–H and O–H groups in total. The maximum Gasteiger partial charge on any atom is 0.179 e. The van der Waals surface area contributed by atoms with E-state index >= 15 is 0 Å². The van der Waals surface area contributed by atoms with Crippen molar-refractivity contribution >= 4 is 9.84 Å². The second-order valence-corrected chi connectivity index (χ2v) is 9.28. The summed E-state index contributed by atoms with van der Waals surface area (Å²) in [5.74, 6) is -0.0504. The van der Waals surface area contributed by atoms with Gasteiger partial charge in [0, 0.05) is 24.4 Å². The number of β-amino-alcohol motifs (C(OH)–C–C–N with tert-alkyl or cyclic N) is 1. The minimum atomic E-state index is -3.56. The Morgan fingerprint density at radius 2 is 1.81 bits per heavy atom. The highest BCUT2D eigenvalue weighted by atomic mass is 32.2. The molecule has 148 valence electrons. The fourth-order valence-corrected chi connectivity index (χ4v) is 3.47. The Kier molecular flexibility index (Phi) is 6.86. The molecule has 2 aromatic carbocycles. The van der Waals surface area contributed by atoms with Crippen molar-refractivity contribution in [1.29, 1.82) is 0 Å². The van der Waals surface area contributed by atoms with E-state index < -0.39 is 15.9 Å². The number of hydrogen-bond acceptors (Lipinski definition) is 6. The molecule has 0 aliphatic heterocycles. The lowest BCUT2D eigenvalue weighted by atomic mass is 9.95. The predicted molar refractivity (Wildman–Crippen MR) is 105 cm³/mol. The number of benzene rings is 2. The van der Waals surface area contributed by atoms with E-state index in [9.17, 15) is 18.6 Å². The Morgan fingerprint density at radius 3 is 2.44 bits per heavy atom. The van der Waals surface area contributed by atoms with Gasteiger partial charge in [-0.3, -0.25) is 0 Å². The van der Waals surface area contributed by atoms with Crippen LogP contribution in [0.15, 0.2) is 53.4 Å². The third kappa shape index (κ3) is 6.86. The van der Waals surface area contributed by atoms with Crippen molar-refractivity contribution < 1.29 is 23.4 Å². The fourth-order valence-electron chi connectivity index (χ4n) is 2.70. The van der Waals surface area contributed by atoms with Gasteiger partial charge in [-0.25, -0.2) is 8.42 Å². The predicted octanol–water partition coefficient (Wildman–Crippen LogP) is 2.15. The van der Waals surface area contributed by atoms with E-state index in [-0.39, 0.29) is 28.5 Å². The van der Waals surface area contributed by atoms with Gasteiger partial charge in [0.25, 0.3) is 0 Å². The van der Waals surface area contributed by atoms with Crippen LogP contribution >= 0.6 is 0 Å². The van der Waals surface area contributed by atoms with Crippen LogP contribution in [0.3, 0.4) is 0 Å². The number of nitrogens with one attached hydrogen (secondary N) is 1. The summed E-state index contributed by atoms with van der Waals surface area (Å²) in [5, 5.41) is 23.1. The molecule has 1 unspecified atom stereocenters. The average Bonchev–Trinajstić information content (AvgIpc) is 2.59. The number of phenolic OH excluding ortho intramolecular Hbond substituents is 1. The largest absolute Gasteiger partial charge is 0.507 e. The van der Waals surface area contributed by atoms with Gasteiger partial charge in [-0.15, -0.1) is 0 Å². The number of aromatic hydroxyl groups is 1. The third-order valence-electron chi connectivity index (χ3n) is 4.08. The highest BCUT2D eigenvalue weighted by Crippen LogP contribution is 2.27. The van der Waals surface area contributed by atoms with E-state index in [0.29, 0.717) is 6.54 Å². The van der Waals surface area contributed by atoms with Gasteiger partial charge < -0.3 is 20.3 Å². The normalized spacial score (nSPS) is 13.3. The van der Waals surface area contributed by atoms with Crippen molar-refractivity contribution in [2.75, 3.05) is 19.4 Å². The molecule has 0 heterocycles. The second-order valence-electron chi connectivity index (χ2n) is 7.29. The molecule has 0 bridgehead atoms. The molecule has 0 saturated carbocycles. The molecular formula is C20H27NO5S. The summed E-state index contributed by atoms with van der Waals surface area (Å²) >= 11 is 0. The Hall–Kier alpha value is -2.09. The van der Waals surface area contributed by atoms with Crippen LogP contribution in [0.25, 0.3) is 0 Å². The summed E-state index contributed by atoms with van der Waals surface area (Å²) in [6.07, 6.45) is 1.06. The second kappa shape index (κ2) is 8.73. The summed E-state index contributed by atoms with van der Waals surface area (Å²) in [7, 11) is -3.56. The minimum absolute atomic E-state index is 0.00238. The zero-order chi connectivity index (χ0) is 20.1. The lowest BCUT2D eigenvalue weighted by Gasteiger charge is -2.28. The first-order valence-electron chi connectivity index (χ1n) is 8.70. The zero-order valence-electron chi connectivity index (χ0n) is 15.8. The summed E-state index contributed by atoms with van der Waals surface area (Å²) in [5.41, 5.74) is 1.00. The third-order valence-corrected chi connectivity index (χ3v) is 5.20. The molecule has 0 aliphatic rings. The number of hydrogen-bond donors (Lipinski definition) is 3. The fraction of sp³-hybridized carbons (Fsp3) is 0.400. The van der Waals surface area contributed by atoms with E-state index in [1.807, 2.05) is 18.2 Å². The molecule has 2 aromatic rings. The average molecular weight is 394 g/mol. The Labute approximate surface area is 160 Å². The molecule has 0 spiro atoms. The van der Waals surface area contributed by atoms with Crippen LogP contribution in [-0.4, -0.2) is 49.7 Å². The van der Waals surface area contributed by atoms with Crippen LogP contribution in [-0.2, 0) is 16.3 Å². The van der Waals surface area contributed by atoms with Gasteiger partial charge in [0.1, 0.15) is 29.1 Å². The molecule has 0 amide bonds. The molecule has 1 atom stereocenters. The standard InChI is InChI=1S/C20H27NO5S/c1-20(2,12-15-7-5-4-6-8-15)21-13-16(22)14-26-17-9-10-18(23)19(11-17)27(3,24)25/h4-11,16,21-23H,12-14H2,1-3H3. The summed E-state index contributed by atoms with van der Waals surface area (Å²) in [6.45, 7) is 4.46. The van der Waals surface area contributed by atoms with Gasteiger partial charge in [0.2, 0.25) is 0 Å². The van der Waals surface area contributed by atoms with Gasteiger partial charge in [0.05, 0.1) is 0 Å². The Balaban J connectivity index is 1.86. The maximum absolute atomic E-state index is 11.6. The first-order valence-corrected chi connectivity index (χ1v) is 10.6. The first kappa shape index (κ1) is 21.2. The molecule has 0 fully saturated rings. The quantitative estimate of drug-likeness (QED) is 0.604. The van der Waals surface area contributed by atoms with Crippen molar-refractivity contribution in [2.24, 2.45) is 0 Å². The highest BCUT2D eigenvalue weighted by Gasteiger charge is 2.20. The van der Waals surface area contributed by atoms with Gasteiger partial charge in [-0.1, -0.05) is 30.3 Å². The smallest absolute Gasteiger partial charge is 0.179 e. The van der Waals surface area contributed by atoms with Crippen molar-refractivity contribution in [2.45, 2.75) is 36.8 Å². The monoisotopic (exact) mass is 393 g/mol. The van der Waals surface area contributed by atoms with E-state index in [2.05, 4.69) is 31.3 Å². The van der Waals surface area contributed by atoms with Gasteiger partial charge in [-0.2, -0.15) is 0 Å². The molecule has 0 aromatic heterocycles. The van der Waals surface area contributed by atoms with Crippen molar-refractivity contribution in [3.05, 3.63) is 54.1 Å². The van der Waals surface area contributed by atoms with Gasteiger partial charge in [0.15, 0.2) is 9.84 Å². The summed E-state index contributed by atoms with van der Waals surface area (Å²) in [6, 6.07) is 14.1. The number of phenols is 1. The number of aliphatic hydroxyl groups is 1. The van der Waals surface area contributed by atoms with Crippen LogP contribution < -0.4 is 10.1 Å². The number of rotatable bonds is 9. The lowest BCUT2D eigenvalue weighted by Crippen LogP contribution is -2.46. The van der Waals surface area contributed by atoms with Crippen LogP contribution in [0, 0.1) is 0 Å². The van der Waals surface area contributed by atoms with Gasteiger partial charge in [-0.05, 0) is 38.0 Å². The highest BCUT2D eigenvalue weighted by molar-refractivity contribution is 7.90. The zero-order valence-corrected chi connectivity index (χ0v) is 16.7. The number of sulfone groups is 1. The van der Waals surface area contributed by atoms with Crippen molar-refractivity contribution in [1.82, 2.24) is 5.32 Å². The van der Waals surface area contributed by atoms with E-state index in [1.165, 1.54) is 23.8 Å². The lowest BCUT2D eigenvalue weighted by molar-refractivity contribution is 0.0987. The van der Waals surface area contributed by atoms with Crippen LogP contribution in [0.2, 0.25) is 0 Å². The molecule has 6 nitrogen and oxygen atoms in total. The molecular weight excluding hydrogens is 366 g/mol. The first-order chi connectivity index (χ1) is 12.6. The summed E-state index contributed by atoms with van der Waals surface area (Å²) in [4.78, 5) is -0.198. The number of ether oxygens (including phenoxy) is 1. The maximum atomic E-state index is 11.6. The summed E-state index contributed by atoms with van der Waals surface area (Å²) < 4.78 is 28.7. The van der Waals surface area contributed by atoms with Crippen LogP contribution in [0.4, 0.5) is 0 Å². The van der Waals surface area contributed by atoms with E-state index in [0.717, 1.165) is 12.7 Å². The van der Waals surface area contributed by atoms with Crippen molar-refractivity contribution in [3.63, 3.8) is 0 Å². The Morgan fingerprint density at radius 1 is 1.15 bits per heavy atom. The molecule has 0 radical (unpaired) electrons. The molecule has 2 rings (SSSR count). The molecule has 27 heavy (non-hydrogen) atoms. The van der Waals surface area contributed by atoms with Gasteiger partial charge >= 0.3 is 0 Å². The Bertz CT molecular complexity index is 850. The number of aliphatic hydroxyl groups excluding tert-OH is 1. The minimum Gasteiger partial charge on any atom is -0.507 e. The van der Waals surface area contributed by atoms with Crippen molar-refractivity contribution in [3.8, 4) is 11.5 Å². The molecule has 0 aliphatic carbocycles. The SMILES string of the molecule is CC(C)(Cc1ccccc1)NCC(O)COc1ccc(O)c(S(C)(=O)=O)c1.